The maximum atomic E-state index is 13.1. The zero-order valence-electron chi connectivity index (χ0n) is 26.8. The number of nitrogens with zero attached hydrogens (tertiary/aromatic N) is 6. The number of carboxylic acid groups (broad SMARTS) is 1. The lowest BCUT2D eigenvalue weighted by molar-refractivity contribution is 0.0688. The SMILES string of the molecule is COc1ccc(Cn2cc(NC(c3ccc(C#N)cc3)c3c(C(=O)O)nn(-c4cnc(OC)nc4OC)c3C(C)C)cc(Cl)c2=O)cc1. The molecule has 0 fully saturated rings. The van der Waals surface area contributed by atoms with Gasteiger partial charge in [0.25, 0.3) is 5.56 Å². The Morgan fingerprint density at radius 3 is 2.35 bits per heavy atom. The number of pyridine rings is 1. The van der Waals surface area contributed by atoms with Crippen molar-refractivity contribution in [3.63, 3.8) is 0 Å². The molecule has 0 saturated heterocycles. The van der Waals surface area contributed by atoms with Crippen molar-refractivity contribution in [2.75, 3.05) is 26.6 Å². The summed E-state index contributed by atoms with van der Waals surface area (Å²) in [7, 11) is 4.42. The third-order valence-electron chi connectivity index (χ3n) is 7.55. The number of hydrogen-bond donors (Lipinski definition) is 2. The van der Waals surface area contributed by atoms with E-state index in [0.717, 1.165) is 5.56 Å². The Kier molecular flexibility index (Phi) is 9.96. The maximum Gasteiger partial charge on any atom is 0.356 e. The second kappa shape index (κ2) is 14.3. The molecule has 0 amide bonds. The molecule has 5 rings (SSSR count). The van der Waals surface area contributed by atoms with E-state index in [1.165, 1.54) is 35.7 Å². The fourth-order valence-electron chi connectivity index (χ4n) is 5.33. The van der Waals surface area contributed by atoms with E-state index in [1.807, 2.05) is 26.0 Å². The summed E-state index contributed by atoms with van der Waals surface area (Å²) in [5, 5.41) is 27.9. The zero-order valence-corrected chi connectivity index (χ0v) is 27.5. The minimum absolute atomic E-state index is 0.0366. The fourth-order valence-corrected chi connectivity index (χ4v) is 5.55. The second-order valence-electron chi connectivity index (χ2n) is 10.9. The van der Waals surface area contributed by atoms with Gasteiger partial charge in [0.2, 0.25) is 5.88 Å². The van der Waals surface area contributed by atoms with Gasteiger partial charge in [-0.2, -0.15) is 15.3 Å². The Morgan fingerprint density at radius 1 is 1.06 bits per heavy atom. The lowest BCUT2D eigenvalue weighted by Crippen LogP contribution is -2.23. The summed E-state index contributed by atoms with van der Waals surface area (Å²) in [4.78, 5) is 34.5. The van der Waals surface area contributed by atoms with Crippen molar-refractivity contribution < 1.29 is 24.1 Å². The van der Waals surface area contributed by atoms with Crippen LogP contribution in [0, 0.1) is 11.3 Å². The molecule has 48 heavy (non-hydrogen) atoms. The summed E-state index contributed by atoms with van der Waals surface area (Å²) in [5.41, 5.74) is 2.84. The first-order valence-corrected chi connectivity index (χ1v) is 15.1. The van der Waals surface area contributed by atoms with Crippen LogP contribution in [0.4, 0.5) is 5.69 Å². The lowest BCUT2D eigenvalue weighted by Gasteiger charge is -2.24. The van der Waals surface area contributed by atoms with Crippen molar-refractivity contribution in [2.45, 2.75) is 32.4 Å². The van der Waals surface area contributed by atoms with Gasteiger partial charge in [-0.1, -0.05) is 49.7 Å². The molecule has 0 saturated carbocycles. The van der Waals surface area contributed by atoms with Gasteiger partial charge in [0.15, 0.2) is 5.69 Å². The van der Waals surface area contributed by atoms with E-state index < -0.39 is 17.6 Å². The average molecular weight is 670 g/mol. The Morgan fingerprint density at radius 2 is 1.77 bits per heavy atom. The van der Waals surface area contributed by atoms with Gasteiger partial charge in [0.1, 0.15) is 16.5 Å². The highest BCUT2D eigenvalue weighted by molar-refractivity contribution is 6.30. The molecule has 5 aromatic rings. The molecule has 3 aromatic heterocycles. The van der Waals surface area contributed by atoms with Crippen LogP contribution in [0.3, 0.4) is 0 Å². The molecular weight excluding hydrogens is 638 g/mol. The maximum absolute atomic E-state index is 13.1. The second-order valence-corrected chi connectivity index (χ2v) is 11.3. The zero-order chi connectivity index (χ0) is 34.5. The van der Waals surface area contributed by atoms with Crippen molar-refractivity contribution in [3.05, 3.63) is 116 Å². The van der Waals surface area contributed by atoms with Crippen LogP contribution in [-0.4, -0.2) is 56.7 Å². The number of nitriles is 1. The summed E-state index contributed by atoms with van der Waals surface area (Å²) in [6.07, 6.45) is 3.06. The third kappa shape index (κ3) is 6.79. The Bertz CT molecular complexity index is 2050. The van der Waals surface area contributed by atoms with Gasteiger partial charge >= 0.3 is 12.0 Å². The number of carboxylic acids is 1. The monoisotopic (exact) mass is 669 g/mol. The van der Waals surface area contributed by atoms with Crippen LogP contribution >= 0.6 is 11.6 Å². The number of anilines is 1. The van der Waals surface area contributed by atoms with E-state index in [1.54, 1.807) is 49.7 Å². The minimum Gasteiger partial charge on any atom is -0.497 e. The number of halogens is 1. The summed E-state index contributed by atoms with van der Waals surface area (Å²) in [5.74, 6) is -0.751. The van der Waals surface area contributed by atoms with Crippen LogP contribution in [0.2, 0.25) is 5.02 Å². The predicted octanol–water partition coefficient (Wildman–Crippen LogP) is 5.45. The van der Waals surface area contributed by atoms with Crippen molar-refractivity contribution in [3.8, 4) is 29.4 Å². The van der Waals surface area contributed by atoms with Gasteiger partial charge in [-0.15, -0.1) is 0 Å². The number of rotatable bonds is 12. The van der Waals surface area contributed by atoms with Gasteiger partial charge in [-0.3, -0.25) is 4.79 Å². The molecule has 0 bridgehead atoms. The van der Waals surface area contributed by atoms with Gasteiger partial charge in [0.05, 0.1) is 63.1 Å². The molecule has 3 heterocycles. The van der Waals surface area contributed by atoms with Crippen LogP contribution < -0.4 is 25.1 Å². The average Bonchev–Trinajstić information content (AvgIpc) is 3.50. The molecule has 1 atom stereocenters. The summed E-state index contributed by atoms with van der Waals surface area (Å²) in [6.45, 7) is 4.02. The molecule has 2 aromatic carbocycles. The normalized spacial score (nSPS) is 11.5. The Labute approximate surface area is 280 Å². The molecule has 2 N–H and O–H groups in total. The standard InChI is InChI=1S/C34H32ClN7O6/c1-19(2)30-27(29(33(44)45)40-42(30)26-16-37-34(48-5)39-31(26)47-4)28(22-10-6-20(15-36)7-11-22)38-23-14-25(35)32(43)41(18-23)17-21-8-12-24(46-3)13-9-21/h6-14,16,18-19,28,38H,17H2,1-5H3,(H,44,45). The van der Waals surface area contributed by atoms with E-state index >= 15 is 0 Å². The molecule has 14 heteroatoms. The quantitative estimate of drug-likeness (QED) is 0.173. The molecule has 0 aliphatic heterocycles. The summed E-state index contributed by atoms with van der Waals surface area (Å²) in [6, 6.07) is 16.8. The van der Waals surface area contributed by atoms with Crippen molar-refractivity contribution >= 4 is 23.3 Å². The first-order valence-electron chi connectivity index (χ1n) is 14.7. The number of hydrogen-bond acceptors (Lipinski definition) is 10. The molecule has 0 aliphatic carbocycles. The van der Waals surface area contributed by atoms with Crippen LogP contribution in [-0.2, 0) is 6.54 Å². The largest absolute Gasteiger partial charge is 0.497 e. The fraction of sp³-hybridized carbons (Fsp3) is 0.235. The summed E-state index contributed by atoms with van der Waals surface area (Å²) < 4.78 is 18.8. The predicted molar refractivity (Wildman–Crippen MR) is 178 cm³/mol. The van der Waals surface area contributed by atoms with Crippen molar-refractivity contribution in [1.29, 1.82) is 5.26 Å². The van der Waals surface area contributed by atoms with E-state index in [0.29, 0.717) is 39.5 Å². The first-order chi connectivity index (χ1) is 23.1. The van der Waals surface area contributed by atoms with E-state index in [9.17, 15) is 20.0 Å². The molecular formula is C34H32ClN7O6. The third-order valence-corrected chi connectivity index (χ3v) is 7.82. The number of aromatic carboxylic acids is 1. The number of carbonyl (C=O) groups is 1. The van der Waals surface area contributed by atoms with Crippen LogP contribution in [0.25, 0.3) is 5.69 Å². The molecule has 0 spiro atoms. The molecule has 1 unspecified atom stereocenters. The van der Waals surface area contributed by atoms with E-state index in [4.69, 9.17) is 25.8 Å². The Hall–Kier alpha value is -5.87. The lowest BCUT2D eigenvalue weighted by atomic mass is 9.91. The number of benzene rings is 2. The van der Waals surface area contributed by atoms with E-state index in [-0.39, 0.29) is 35.1 Å². The van der Waals surface area contributed by atoms with Gasteiger partial charge in [-0.25, -0.2) is 14.5 Å². The Balaban J connectivity index is 1.71. The highest BCUT2D eigenvalue weighted by Gasteiger charge is 2.33. The topological polar surface area (TPSA) is 166 Å². The highest BCUT2D eigenvalue weighted by Crippen LogP contribution is 2.38. The number of ether oxygens (including phenoxy) is 3. The highest BCUT2D eigenvalue weighted by atomic mass is 35.5. The molecule has 0 aliphatic rings. The van der Waals surface area contributed by atoms with Crippen LogP contribution in [0.15, 0.2) is 71.8 Å². The molecule has 13 nitrogen and oxygen atoms in total. The van der Waals surface area contributed by atoms with Gasteiger partial charge < -0.3 is 29.2 Å². The van der Waals surface area contributed by atoms with Crippen LogP contribution in [0.5, 0.6) is 17.6 Å². The number of aromatic nitrogens is 5. The molecule has 246 valence electrons. The van der Waals surface area contributed by atoms with Gasteiger partial charge in [-0.05, 0) is 47.4 Å². The van der Waals surface area contributed by atoms with Crippen LogP contribution in [0.1, 0.15) is 64.2 Å². The minimum atomic E-state index is -1.28. The summed E-state index contributed by atoms with van der Waals surface area (Å²) >= 11 is 6.48. The first kappa shape index (κ1) is 33.5. The van der Waals surface area contributed by atoms with Gasteiger partial charge in [0, 0.05) is 11.8 Å². The molecule has 0 radical (unpaired) electrons. The van der Waals surface area contributed by atoms with E-state index in [2.05, 4.69) is 26.5 Å². The number of methoxy groups -OCH3 is 3. The van der Waals surface area contributed by atoms with Crippen molar-refractivity contribution in [1.82, 2.24) is 24.3 Å². The number of nitrogens with one attached hydrogen (secondary N) is 1. The smallest absolute Gasteiger partial charge is 0.356 e. The van der Waals surface area contributed by atoms with Crippen molar-refractivity contribution in [2.24, 2.45) is 0 Å².